The van der Waals surface area contributed by atoms with Crippen molar-refractivity contribution in [1.29, 1.82) is 0 Å². The molecule has 4 atom stereocenters. The van der Waals surface area contributed by atoms with Gasteiger partial charge in [0.1, 0.15) is 5.78 Å². The summed E-state index contributed by atoms with van der Waals surface area (Å²) in [6.45, 7) is 2.14. The molecule has 2 saturated heterocycles. The number of Topliss-reactive ketones (excluding diaryl/α,β-unsaturated/α-hetero) is 1. The maximum Gasteiger partial charge on any atom is 0.139 e. The van der Waals surface area contributed by atoms with Crippen molar-refractivity contribution >= 4 is 17.2 Å². The summed E-state index contributed by atoms with van der Waals surface area (Å²) in [5.41, 5.74) is 4.00. The topological polar surface area (TPSA) is 32.7 Å². The maximum absolute atomic E-state index is 13.1. The first-order chi connectivity index (χ1) is 10.8. The molecule has 112 valence electrons. The van der Waals surface area contributed by atoms with Crippen molar-refractivity contribution in [3.05, 3.63) is 29.8 Å². The Labute approximate surface area is 130 Å². The molecule has 6 rings (SSSR count). The van der Waals surface area contributed by atoms with Crippen molar-refractivity contribution in [2.24, 2.45) is 16.3 Å². The molecule has 1 spiro atoms. The Bertz CT molecular complexity index is 754. The van der Waals surface area contributed by atoms with Gasteiger partial charge in [0, 0.05) is 30.6 Å². The number of benzene rings is 1. The number of rotatable bonds is 0. The van der Waals surface area contributed by atoms with E-state index in [2.05, 4.69) is 29.2 Å². The van der Waals surface area contributed by atoms with Crippen molar-refractivity contribution in [1.82, 2.24) is 4.90 Å². The highest BCUT2D eigenvalue weighted by Gasteiger charge is 2.73. The van der Waals surface area contributed by atoms with Gasteiger partial charge in [-0.2, -0.15) is 0 Å². The summed E-state index contributed by atoms with van der Waals surface area (Å²) in [6, 6.07) is 9.15. The van der Waals surface area contributed by atoms with Gasteiger partial charge in [0.15, 0.2) is 0 Å². The number of fused-ring (bicyclic) bond motifs is 1. The van der Waals surface area contributed by atoms with Crippen LogP contribution in [0.4, 0.5) is 5.69 Å². The minimum absolute atomic E-state index is 0.0649. The lowest BCUT2D eigenvalue weighted by molar-refractivity contribution is -0.132. The summed E-state index contributed by atoms with van der Waals surface area (Å²) in [5, 5.41) is 0. The second-order valence-corrected chi connectivity index (χ2v) is 8.00. The van der Waals surface area contributed by atoms with Gasteiger partial charge in [0.25, 0.3) is 0 Å². The molecule has 1 aromatic rings. The summed E-state index contributed by atoms with van der Waals surface area (Å²) in [5.74, 6) is 0.677. The van der Waals surface area contributed by atoms with Crippen LogP contribution in [0.3, 0.4) is 0 Å². The van der Waals surface area contributed by atoms with E-state index >= 15 is 0 Å². The highest BCUT2D eigenvalue weighted by atomic mass is 16.1. The summed E-state index contributed by atoms with van der Waals surface area (Å²) in [4.78, 5) is 20.8. The van der Waals surface area contributed by atoms with E-state index in [1.165, 1.54) is 37.1 Å². The van der Waals surface area contributed by atoms with Gasteiger partial charge in [-0.25, -0.2) is 0 Å². The fourth-order valence-corrected chi connectivity index (χ4v) is 6.82. The van der Waals surface area contributed by atoms with Crippen molar-refractivity contribution < 1.29 is 4.79 Å². The van der Waals surface area contributed by atoms with Gasteiger partial charge in [0.05, 0.1) is 11.1 Å². The lowest BCUT2D eigenvalue weighted by Crippen LogP contribution is -2.66. The molecule has 5 aliphatic rings. The summed E-state index contributed by atoms with van der Waals surface area (Å²) in [6.07, 6.45) is 5.60. The third kappa shape index (κ3) is 1.05. The highest BCUT2D eigenvalue weighted by molar-refractivity contribution is 6.09. The number of hydrogen-bond donors (Lipinski definition) is 0. The molecule has 0 unspecified atom stereocenters. The number of nitrogens with zero attached hydrogens (tertiary/aromatic N) is 2. The third-order valence-corrected chi connectivity index (χ3v) is 7.32. The largest absolute Gasteiger partial charge is 0.299 e. The molecule has 4 fully saturated rings. The number of ketones is 1. The van der Waals surface area contributed by atoms with Crippen LogP contribution in [0, 0.1) is 11.3 Å². The van der Waals surface area contributed by atoms with Crippen LogP contribution in [0.15, 0.2) is 29.3 Å². The second-order valence-electron chi connectivity index (χ2n) is 8.00. The fourth-order valence-electron chi connectivity index (χ4n) is 6.82. The zero-order valence-corrected chi connectivity index (χ0v) is 12.7. The molecule has 0 radical (unpaired) electrons. The molecule has 0 aromatic heterocycles. The van der Waals surface area contributed by atoms with Gasteiger partial charge in [0.2, 0.25) is 0 Å². The van der Waals surface area contributed by atoms with E-state index in [-0.39, 0.29) is 16.7 Å². The average Bonchev–Trinajstić information content (AvgIpc) is 3.03. The van der Waals surface area contributed by atoms with E-state index in [9.17, 15) is 4.79 Å². The first-order valence-electron chi connectivity index (χ1n) is 8.70. The van der Waals surface area contributed by atoms with E-state index < -0.39 is 0 Å². The van der Waals surface area contributed by atoms with Crippen LogP contribution < -0.4 is 0 Å². The van der Waals surface area contributed by atoms with Gasteiger partial charge in [-0.3, -0.25) is 14.7 Å². The smallest absolute Gasteiger partial charge is 0.139 e. The molecule has 3 aliphatic heterocycles. The Morgan fingerprint density at radius 2 is 2.14 bits per heavy atom. The predicted octanol–water partition coefficient (Wildman–Crippen LogP) is 2.86. The number of aliphatic imine (C=N–C) groups is 1. The Morgan fingerprint density at radius 3 is 3.09 bits per heavy atom. The Morgan fingerprint density at radius 1 is 1.23 bits per heavy atom. The predicted molar refractivity (Wildman–Crippen MR) is 84.6 cm³/mol. The van der Waals surface area contributed by atoms with Gasteiger partial charge in [-0.15, -0.1) is 0 Å². The van der Waals surface area contributed by atoms with E-state index in [0.29, 0.717) is 11.8 Å². The van der Waals surface area contributed by atoms with Crippen LogP contribution in [0.5, 0.6) is 0 Å². The quantitative estimate of drug-likeness (QED) is 0.736. The molecular weight excluding hydrogens is 272 g/mol. The van der Waals surface area contributed by atoms with E-state index in [0.717, 1.165) is 25.1 Å². The minimum Gasteiger partial charge on any atom is -0.299 e. The number of para-hydroxylation sites is 1. The monoisotopic (exact) mass is 292 g/mol. The van der Waals surface area contributed by atoms with Gasteiger partial charge in [-0.1, -0.05) is 18.2 Å². The van der Waals surface area contributed by atoms with Crippen LogP contribution >= 0.6 is 0 Å². The molecule has 3 heteroatoms. The number of carbonyl (C=O) groups excluding carboxylic acids is 1. The molecule has 3 nitrogen and oxygen atoms in total. The van der Waals surface area contributed by atoms with Gasteiger partial charge >= 0.3 is 0 Å². The molecule has 4 bridgehead atoms. The van der Waals surface area contributed by atoms with Gasteiger partial charge < -0.3 is 0 Å². The fraction of sp³-hybridized carbons (Fsp3) is 0.579. The zero-order chi connectivity index (χ0) is 14.5. The van der Waals surface area contributed by atoms with E-state index in [1.54, 1.807) is 0 Å². The van der Waals surface area contributed by atoms with Crippen LogP contribution in [0.1, 0.15) is 37.7 Å². The summed E-state index contributed by atoms with van der Waals surface area (Å²) < 4.78 is 0. The molecule has 1 aromatic carbocycles. The SMILES string of the molecule is O=C1C[C@@]23CCCN4C[C@H]1[C@]1(C(=Nc5ccccc51)CC2)[C@@H]43. The molecule has 0 N–H and O–H groups in total. The number of piperidine rings is 1. The zero-order valence-electron chi connectivity index (χ0n) is 12.7. The lowest BCUT2D eigenvalue weighted by atomic mass is 9.46. The maximum atomic E-state index is 13.1. The van der Waals surface area contributed by atoms with Crippen LogP contribution in [-0.4, -0.2) is 35.5 Å². The number of hydrogen-bond acceptors (Lipinski definition) is 3. The molecule has 22 heavy (non-hydrogen) atoms. The molecule has 0 amide bonds. The van der Waals surface area contributed by atoms with Crippen molar-refractivity contribution in [2.45, 2.75) is 43.6 Å². The third-order valence-electron chi connectivity index (χ3n) is 7.32. The van der Waals surface area contributed by atoms with E-state index in [4.69, 9.17) is 4.99 Å². The van der Waals surface area contributed by atoms with Crippen LogP contribution in [-0.2, 0) is 10.2 Å². The highest BCUT2D eigenvalue weighted by Crippen LogP contribution is 2.67. The summed E-state index contributed by atoms with van der Waals surface area (Å²) >= 11 is 0. The Hall–Kier alpha value is -1.48. The Kier molecular flexibility index (Phi) is 1.93. The minimum atomic E-state index is -0.0649. The first kappa shape index (κ1) is 12.0. The standard InChI is InChI=1S/C19H20N2O/c22-15-10-18-7-3-9-21-11-13(15)19(17(18)21)12-4-1-2-5-14(12)20-16(19)6-8-18/h1-2,4-5,13,17H,3,6-11H2/t13-,17+,18-,19-/m1/s1. The lowest BCUT2D eigenvalue weighted by Gasteiger charge is -2.59. The first-order valence-corrected chi connectivity index (χ1v) is 8.70. The Balaban J connectivity index is 1.71. The van der Waals surface area contributed by atoms with Crippen LogP contribution in [0.2, 0.25) is 0 Å². The van der Waals surface area contributed by atoms with Gasteiger partial charge in [-0.05, 0) is 49.3 Å². The summed E-state index contributed by atoms with van der Waals surface area (Å²) in [7, 11) is 0. The normalized spacial score (nSPS) is 44.5. The molecule has 3 heterocycles. The average molecular weight is 292 g/mol. The van der Waals surface area contributed by atoms with Crippen molar-refractivity contribution in [3.8, 4) is 0 Å². The molecule has 2 aliphatic carbocycles. The number of carbonyl (C=O) groups is 1. The van der Waals surface area contributed by atoms with E-state index in [1.807, 2.05) is 0 Å². The van der Waals surface area contributed by atoms with Crippen LogP contribution in [0.25, 0.3) is 0 Å². The second kappa shape index (κ2) is 3.53. The van der Waals surface area contributed by atoms with Crippen molar-refractivity contribution in [3.63, 3.8) is 0 Å². The molecule has 2 saturated carbocycles. The molecular formula is C19H20N2O. The van der Waals surface area contributed by atoms with Crippen molar-refractivity contribution in [2.75, 3.05) is 13.1 Å².